The number of aromatic hydroxyl groups is 2. The number of carbonyl (C=O) groups excluding carboxylic acids is 1. The van der Waals surface area contributed by atoms with E-state index in [2.05, 4.69) is 4.98 Å². The lowest BCUT2D eigenvalue weighted by molar-refractivity contribution is 0.0983. The molecule has 0 spiro atoms. The Labute approximate surface area is 195 Å². The quantitative estimate of drug-likeness (QED) is 0.365. The largest absolute Gasteiger partial charge is 0.505 e. The van der Waals surface area contributed by atoms with Crippen LogP contribution in [0.5, 0.6) is 34.5 Å². The summed E-state index contributed by atoms with van der Waals surface area (Å²) >= 11 is 6.16. The van der Waals surface area contributed by atoms with Crippen LogP contribution in [0.4, 0.5) is 5.69 Å². The van der Waals surface area contributed by atoms with Gasteiger partial charge in [-0.1, -0.05) is 0 Å². The van der Waals surface area contributed by atoms with Crippen LogP contribution in [-0.2, 0) is 0 Å². The molecular formula is C23H25ClN2O7. The number of benzene rings is 2. The summed E-state index contributed by atoms with van der Waals surface area (Å²) in [6, 6.07) is 3.41. The van der Waals surface area contributed by atoms with Gasteiger partial charge in [-0.15, -0.1) is 11.6 Å². The Hall–Kier alpha value is -3.46. The molecule has 10 heteroatoms. The molecule has 0 radical (unpaired) electrons. The molecule has 1 aromatic heterocycles. The third kappa shape index (κ3) is 3.26. The number of carbonyl (C=O) groups is 1. The second kappa shape index (κ2) is 8.47. The number of alkyl halides is 1. The van der Waals surface area contributed by atoms with E-state index in [1.165, 1.54) is 33.3 Å². The number of aromatic nitrogens is 1. The fourth-order valence-corrected chi connectivity index (χ4v) is 4.70. The highest BCUT2D eigenvalue weighted by atomic mass is 35.5. The molecule has 1 aliphatic heterocycles. The zero-order chi connectivity index (χ0) is 24.0. The monoisotopic (exact) mass is 476 g/mol. The number of aromatic amines is 1. The third-order valence-electron chi connectivity index (χ3n) is 6.01. The minimum absolute atomic E-state index is 0.128. The van der Waals surface area contributed by atoms with E-state index in [1.54, 1.807) is 19.1 Å². The molecule has 33 heavy (non-hydrogen) atoms. The molecule has 2 aromatic carbocycles. The highest BCUT2D eigenvalue weighted by molar-refractivity contribution is 6.19. The molecule has 0 saturated heterocycles. The zero-order valence-corrected chi connectivity index (χ0v) is 19.7. The maximum absolute atomic E-state index is 13.6. The van der Waals surface area contributed by atoms with Gasteiger partial charge >= 0.3 is 0 Å². The van der Waals surface area contributed by atoms with Crippen LogP contribution in [0.25, 0.3) is 10.9 Å². The molecule has 3 N–H and O–H groups in total. The Morgan fingerprint density at radius 1 is 1.06 bits per heavy atom. The Kier molecular flexibility index (Phi) is 5.84. The second-order valence-electron chi connectivity index (χ2n) is 7.68. The van der Waals surface area contributed by atoms with Crippen molar-refractivity contribution in [3.63, 3.8) is 0 Å². The summed E-state index contributed by atoms with van der Waals surface area (Å²) < 4.78 is 21.6. The summed E-state index contributed by atoms with van der Waals surface area (Å²) in [5, 5.41) is 22.4. The minimum Gasteiger partial charge on any atom is -0.505 e. The summed E-state index contributed by atoms with van der Waals surface area (Å²) in [7, 11) is 5.92. The summed E-state index contributed by atoms with van der Waals surface area (Å²) in [6.45, 7) is 1.79. The van der Waals surface area contributed by atoms with Crippen LogP contribution >= 0.6 is 11.6 Å². The Morgan fingerprint density at radius 3 is 2.30 bits per heavy atom. The molecule has 0 bridgehead atoms. The van der Waals surface area contributed by atoms with Gasteiger partial charge in [0, 0.05) is 34.9 Å². The number of amides is 1. The SMILES string of the molecule is COc1cc2cc(C(=O)N3C[C@@H](CCl)c4c(O)c(OC)c(C)c(O)c43)[nH]c2c(OC)c1OC. The average molecular weight is 477 g/mol. The number of halogens is 1. The molecule has 0 unspecified atom stereocenters. The van der Waals surface area contributed by atoms with Gasteiger partial charge in [0.2, 0.25) is 5.75 Å². The van der Waals surface area contributed by atoms with E-state index in [9.17, 15) is 15.0 Å². The van der Waals surface area contributed by atoms with E-state index < -0.39 is 5.91 Å². The minimum atomic E-state index is -0.403. The number of phenols is 2. The number of ether oxygens (including phenoxy) is 4. The van der Waals surface area contributed by atoms with Gasteiger partial charge in [-0.2, -0.15) is 0 Å². The van der Waals surface area contributed by atoms with Crippen LogP contribution < -0.4 is 23.8 Å². The molecular weight excluding hydrogens is 452 g/mol. The molecule has 0 fully saturated rings. The number of H-pyrrole nitrogens is 1. The Morgan fingerprint density at radius 2 is 1.73 bits per heavy atom. The normalized spacial score (nSPS) is 15.0. The van der Waals surface area contributed by atoms with Gasteiger partial charge in [-0.25, -0.2) is 0 Å². The first-order valence-electron chi connectivity index (χ1n) is 10.1. The number of fused-ring (bicyclic) bond motifs is 2. The number of rotatable bonds is 6. The molecule has 9 nitrogen and oxygen atoms in total. The van der Waals surface area contributed by atoms with Crippen LogP contribution in [0.1, 0.15) is 27.5 Å². The fourth-order valence-electron chi connectivity index (χ4n) is 4.45. The van der Waals surface area contributed by atoms with Crippen molar-refractivity contribution in [3.8, 4) is 34.5 Å². The number of phenolic OH excluding ortho intramolecular Hbond substituents is 2. The first kappa shape index (κ1) is 22.7. The lowest BCUT2D eigenvalue weighted by atomic mass is 9.98. The summed E-state index contributed by atoms with van der Waals surface area (Å²) in [4.78, 5) is 18.1. The van der Waals surface area contributed by atoms with E-state index in [0.717, 1.165) is 0 Å². The predicted molar refractivity (Wildman–Crippen MR) is 124 cm³/mol. The molecule has 176 valence electrons. The summed E-state index contributed by atoms with van der Waals surface area (Å²) in [6.07, 6.45) is 0. The van der Waals surface area contributed by atoms with Crippen molar-refractivity contribution in [1.82, 2.24) is 4.98 Å². The van der Waals surface area contributed by atoms with E-state index >= 15 is 0 Å². The van der Waals surface area contributed by atoms with Crippen LogP contribution in [-0.4, -0.2) is 62.0 Å². The van der Waals surface area contributed by atoms with Gasteiger partial charge in [0.1, 0.15) is 11.4 Å². The number of nitrogens with one attached hydrogen (secondary N) is 1. The standard InChI is InChI=1S/C23H25ClN2O7/c1-10-18(27)17-15(19(28)20(10)31-3)12(8-24)9-26(17)23(29)13-6-11-7-14(30-2)21(32-4)22(33-5)16(11)25-13/h6-7,12,25,27-28H,8-9H2,1-5H3/t12-/m1/s1. The van der Waals surface area contributed by atoms with Crippen LogP contribution in [0.3, 0.4) is 0 Å². The van der Waals surface area contributed by atoms with Crippen LogP contribution in [0.15, 0.2) is 12.1 Å². The maximum Gasteiger partial charge on any atom is 0.274 e. The lowest BCUT2D eigenvalue weighted by Crippen LogP contribution is -2.30. The van der Waals surface area contributed by atoms with E-state index in [0.29, 0.717) is 39.3 Å². The highest BCUT2D eigenvalue weighted by Crippen LogP contribution is 2.54. The van der Waals surface area contributed by atoms with Crippen molar-refractivity contribution >= 4 is 34.1 Å². The number of hydrogen-bond acceptors (Lipinski definition) is 7. The highest BCUT2D eigenvalue weighted by Gasteiger charge is 2.40. The summed E-state index contributed by atoms with van der Waals surface area (Å²) in [5.74, 6) is 0.493. The smallest absolute Gasteiger partial charge is 0.274 e. The van der Waals surface area contributed by atoms with Crippen molar-refractivity contribution in [2.75, 3.05) is 45.8 Å². The number of hydrogen-bond donors (Lipinski definition) is 3. The third-order valence-corrected chi connectivity index (χ3v) is 6.39. The Bertz CT molecular complexity index is 1250. The average Bonchev–Trinajstić information content (AvgIpc) is 3.43. The van der Waals surface area contributed by atoms with Gasteiger partial charge in [-0.3, -0.25) is 4.79 Å². The van der Waals surface area contributed by atoms with Gasteiger partial charge in [0.25, 0.3) is 5.91 Å². The first-order chi connectivity index (χ1) is 15.8. The molecule has 1 amide bonds. The van der Waals surface area contributed by atoms with Crippen molar-refractivity contribution < 1.29 is 34.0 Å². The first-order valence-corrected chi connectivity index (χ1v) is 10.7. The number of anilines is 1. The zero-order valence-electron chi connectivity index (χ0n) is 18.9. The molecule has 0 saturated carbocycles. The second-order valence-corrected chi connectivity index (χ2v) is 7.99. The van der Waals surface area contributed by atoms with Crippen molar-refractivity contribution in [3.05, 3.63) is 29.0 Å². The molecule has 1 aliphatic rings. The van der Waals surface area contributed by atoms with Gasteiger partial charge < -0.3 is 39.0 Å². The van der Waals surface area contributed by atoms with Gasteiger partial charge in [0.05, 0.1) is 39.6 Å². The maximum atomic E-state index is 13.6. The van der Waals surface area contributed by atoms with Crippen LogP contribution in [0.2, 0.25) is 0 Å². The predicted octanol–water partition coefficient (Wildman–Crippen LogP) is 3.90. The van der Waals surface area contributed by atoms with E-state index in [1.807, 2.05) is 0 Å². The van der Waals surface area contributed by atoms with Gasteiger partial charge in [0.15, 0.2) is 23.0 Å². The van der Waals surface area contributed by atoms with Crippen molar-refractivity contribution in [2.24, 2.45) is 0 Å². The lowest BCUT2D eigenvalue weighted by Gasteiger charge is -2.20. The van der Waals surface area contributed by atoms with Gasteiger partial charge in [-0.05, 0) is 19.1 Å². The number of nitrogens with zero attached hydrogens (tertiary/aromatic N) is 1. The topological polar surface area (TPSA) is 113 Å². The molecule has 1 atom stereocenters. The molecule has 0 aliphatic carbocycles. The Balaban J connectivity index is 1.87. The van der Waals surface area contributed by atoms with Crippen molar-refractivity contribution in [2.45, 2.75) is 12.8 Å². The van der Waals surface area contributed by atoms with Crippen molar-refractivity contribution in [1.29, 1.82) is 0 Å². The van der Waals surface area contributed by atoms with Crippen LogP contribution in [0, 0.1) is 6.92 Å². The molecule has 2 heterocycles. The molecule has 3 aromatic rings. The van der Waals surface area contributed by atoms with E-state index in [-0.39, 0.29) is 47.0 Å². The molecule has 4 rings (SSSR count). The van der Waals surface area contributed by atoms with E-state index in [4.69, 9.17) is 30.5 Å². The number of methoxy groups -OCH3 is 4. The fraction of sp³-hybridized carbons (Fsp3) is 0.348. The summed E-state index contributed by atoms with van der Waals surface area (Å²) in [5.41, 5.74) is 1.75.